The third kappa shape index (κ3) is 6.00. The Labute approximate surface area is 134 Å². The largest absolute Gasteiger partial charge is 0.326 e. The number of nitrogens with one attached hydrogen (secondary N) is 1. The molecule has 0 atom stereocenters. The predicted molar refractivity (Wildman–Crippen MR) is 92.1 cm³/mol. The van der Waals surface area contributed by atoms with Gasteiger partial charge in [-0.25, -0.2) is 0 Å². The highest BCUT2D eigenvalue weighted by atomic mass is 16.1. The normalized spacial score (nSPS) is 10.8. The average Bonchev–Trinajstić information content (AvgIpc) is 2.49. The molecule has 0 saturated heterocycles. The van der Waals surface area contributed by atoms with E-state index in [1.54, 1.807) is 0 Å². The molecule has 0 unspecified atom stereocenters. The van der Waals surface area contributed by atoms with Gasteiger partial charge in [-0.1, -0.05) is 39.3 Å². The number of anilines is 1. The van der Waals surface area contributed by atoms with Crippen LogP contribution >= 0.6 is 0 Å². The van der Waals surface area contributed by atoms with Crippen LogP contribution in [-0.2, 0) is 16.0 Å². The van der Waals surface area contributed by atoms with Crippen LogP contribution in [0.5, 0.6) is 0 Å². The van der Waals surface area contributed by atoms with Gasteiger partial charge in [0.25, 0.3) is 0 Å². The van der Waals surface area contributed by atoms with Crippen molar-refractivity contribution < 1.29 is 9.59 Å². The molecule has 0 aliphatic heterocycles. The molecule has 0 aliphatic carbocycles. The Hall–Kier alpha value is -1.64. The quantitative estimate of drug-likeness (QED) is 0.674. The molecule has 1 rings (SSSR count). The summed E-state index contributed by atoms with van der Waals surface area (Å²) in [5, 5.41) is 2.95. The van der Waals surface area contributed by atoms with Crippen molar-refractivity contribution >= 4 is 17.4 Å². The van der Waals surface area contributed by atoms with Crippen LogP contribution in [-0.4, -0.2) is 11.7 Å². The lowest BCUT2D eigenvalue weighted by Gasteiger charge is -2.12. The Bertz CT molecular complexity index is 506. The number of Topliss-reactive ketones (excluding diaryl/α,β-unsaturated/α-hetero) is 1. The number of hydrogen-bond acceptors (Lipinski definition) is 2. The molecule has 0 radical (unpaired) electrons. The third-order valence-electron chi connectivity index (χ3n) is 4.05. The van der Waals surface area contributed by atoms with Crippen LogP contribution in [0.1, 0.15) is 64.0 Å². The highest BCUT2D eigenvalue weighted by Gasteiger charge is 2.08. The van der Waals surface area contributed by atoms with E-state index in [2.05, 4.69) is 18.3 Å². The van der Waals surface area contributed by atoms with Crippen molar-refractivity contribution in [2.45, 2.75) is 66.2 Å². The van der Waals surface area contributed by atoms with Crippen LogP contribution in [0.3, 0.4) is 0 Å². The van der Waals surface area contributed by atoms with Gasteiger partial charge in [0.05, 0.1) is 0 Å². The lowest BCUT2D eigenvalue weighted by Crippen LogP contribution is -2.11. The van der Waals surface area contributed by atoms with Crippen LogP contribution < -0.4 is 5.32 Å². The van der Waals surface area contributed by atoms with Crippen molar-refractivity contribution in [1.82, 2.24) is 0 Å². The van der Waals surface area contributed by atoms with E-state index in [0.29, 0.717) is 18.6 Å². The minimum absolute atomic E-state index is 0.0486. The van der Waals surface area contributed by atoms with Crippen molar-refractivity contribution in [3.8, 4) is 0 Å². The van der Waals surface area contributed by atoms with Gasteiger partial charge in [-0.05, 0) is 43.4 Å². The molecule has 0 bridgehead atoms. The first-order valence-electron chi connectivity index (χ1n) is 8.36. The van der Waals surface area contributed by atoms with Crippen LogP contribution in [0.25, 0.3) is 0 Å². The topological polar surface area (TPSA) is 46.2 Å². The fraction of sp³-hybridized carbons (Fsp3) is 0.579. The number of amides is 1. The molecule has 0 aromatic heterocycles. The molecule has 122 valence electrons. The lowest BCUT2D eigenvalue weighted by atomic mass is 9.98. The summed E-state index contributed by atoms with van der Waals surface area (Å²) in [6.07, 6.45) is 5.32. The van der Waals surface area contributed by atoms with E-state index in [-0.39, 0.29) is 11.8 Å². The Kier molecular flexibility index (Phi) is 7.86. The maximum absolute atomic E-state index is 11.6. The number of unbranched alkanes of at least 4 members (excludes halogenated alkanes) is 2. The summed E-state index contributed by atoms with van der Waals surface area (Å²) < 4.78 is 0. The zero-order valence-electron chi connectivity index (χ0n) is 14.4. The van der Waals surface area contributed by atoms with Gasteiger partial charge >= 0.3 is 0 Å². The van der Waals surface area contributed by atoms with E-state index < -0.39 is 0 Å². The fourth-order valence-electron chi connectivity index (χ4n) is 2.41. The minimum Gasteiger partial charge on any atom is -0.326 e. The molecule has 1 aromatic carbocycles. The smallest absolute Gasteiger partial charge is 0.224 e. The summed E-state index contributed by atoms with van der Waals surface area (Å²) in [5.41, 5.74) is 3.35. The van der Waals surface area contributed by atoms with Gasteiger partial charge in [-0.15, -0.1) is 0 Å². The van der Waals surface area contributed by atoms with Crippen molar-refractivity contribution in [2.24, 2.45) is 5.92 Å². The van der Waals surface area contributed by atoms with Gasteiger partial charge in [-0.2, -0.15) is 0 Å². The number of hydrogen-bond donors (Lipinski definition) is 1. The molecule has 1 N–H and O–H groups in total. The second-order valence-corrected chi connectivity index (χ2v) is 6.17. The third-order valence-corrected chi connectivity index (χ3v) is 4.05. The van der Waals surface area contributed by atoms with E-state index in [0.717, 1.165) is 36.9 Å². The maximum Gasteiger partial charge on any atom is 0.224 e. The molecule has 22 heavy (non-hydrogen) atoms. The van der Waals surface area contributed by atoms with Gasteiger partial charge in [0.1, 0.15) is 5.78 Å². The standard InChI is InChI=1S/C19H29NO2/c1-5-19(22)20-17-12-9-11-16(15(17)4)10-7-6-8-13-18(21)14(2)3/h9,11-12,14H,5-8,10,13H2,1-4H3,(H,20,22). The zero-order chi connectivity index (χ0) is 16.5. The Morgan fingerprint density at radius 3 is 2.50 bits per heavy atom. The molecule has 0 heterocycles. The van der Waals surface area contributed by atoms with Crippen molar-refractivity contribution in [1.29, 1.82) is 0 Å². The first kappa shape index (κ1) is 18.4. The van der Waals surface area contributed by atoms with Gasteiger partial charge in [0, 0.05) is 24.4 Å². The minimum atomic E-state index is 0.0486. The molecule has 3 nitrogen and oxygen atoms in total. The van der Waals surface area contributed by atoms with E-state index in [9.17, 15) is 9.59 Å². The molecule has 0 spiro atoms. The summed E-state index contributed by atoms with van der Waals surface area (Å²) in [7, 11) is 0. The monoisotopic (exact) mass is 303 g/mol. The first-order valence-corrected chi connectivity index (χ1v) is 8.36. The van der Waals surface area contributed by atoms with Crippen LogP contribution in [0.2, 0.25) is 0 Å². The lowest BCUT2D eigenvalue weighted by molar-refractivity contribution is -0.122. The van der Waals surface area contributed by atoms with Crippen molar-refractivity contribution in [2.75, 3.05) is 5.32 Å². The maximum atomic E-state index is 11.6. The number of benzene rings is 1. The van der Waals surface area contributed by atoms with Crippen LogP contribution in [0, 0.1) is 12.8 Å². The van der Waals surface area contributed by atoms with Crippen molar-refractivity contribution in [3.05, 3.63) is 29.3 Å². The Morgan fingerprint density at radius 1 is 1.14 bits per heavy atom. The first-order chi connectivity index (χ1) is 10.5. The summed E-state index contributed by atoms with van der Waals surface area (Å²) in [6, 6.07) is 6.07. The van der Waals surface area contributed by atoms with E-state index in [1.165, 1.54) is 5.56 Å². The van der Waals surface area contributed by atoms with Crippen LogP contribution in [0.15, 0.2) is 18.2 Å². The molecular weight excluding hydrogens is 274 g/mol. The van der Waals surface area contributed by atoms with Gasteiger partial charge < -0.3 is 5.32 Å². The average molecular weight is 303 g/mol. The van der Waals surface area contributed by atoms with Crippen LogP contribution in [0.4, 0.5) is 5.69 Å². The molecule has 0 fully saturated rings. The van der Waals surface area contributed by atoms with E-state index in [1.807, 2.05) is 32.9 Å². The summed E-state index contributed by atoms with van der Waals surface area (Å²) >= 11 is 0. The number of carbonyl (C=O) groups excluding carboxylic acids is 2. The van der Waals surface area contributed by atoms with E-state index >= 15 is 0 Å². The van der Waals surface area contributed by atoms with E-state index in [4.69, 9.17) is 0 Å². The molecule has 0 aliphatic rings. The number of ketones is 1. The highest BCUT2D eigenvalue weighted by molar-refractivity contribution is 5.91. The highest BCUT2D eigenvalue weighted by Crippen LogP contribution is 2.21. The van der Waals surface area contributed by atoms with Crippen molar-refractivity contribution in [3.63, 3.8) is 0 Å². The number of aryl methyl sites for hydroxylation is 1. The predicted octanol–water partition coefficient (Wildman–Crippen LogP) is 4.67. The fourth-order valence-corrected chi connectivity index (χ4v) is 2.41. The zero-order valence-corrected chi connectivity index (χ0v) is 14.4. The van der Waals surface area contributed by atoms with Gasteiger partial charge in [0.2, 0.25) is 5.91 Å². The van der Waals surface area contributed by atoms with Gasteiger partial charge in [0.15, 0.2) is 0 Å². The molecule has 1 aromatic rings. The second kappa shape index (κ2) is 9.39. The molecule has 3 heteroatoms. The van der Waals surface area contributed by atoms with Gasteiger partial charge in [-0.3, -0.25) is 9.59 Å². The summed E-state index contributed by atoms with van der Waals surface area (Å²) in [4.78, 5) is 23.1. The molecular formula is C19H29NO2. The SMILES string of the molecule is CCC(=O)Nc1cccc(CCCCCC(=O)C(C)C)c1C. The Balaban J connectivity index is 2.44. The summed E-state index contributed by atoms with van der Waals surface area (Å²) in [5.74, 6) is 0.564. The Morgan fingerprint density at radius 2 is 1.86 bits per heavy atom. The number of rotatable bonds is 9. The molecule has 1 amide bonds. The molecule has 0 saturated carbocycles. The summed E-state index contributed by atoms with van der Waals surface area (Å²) in [6.45, 7) is 7.83. The second-order valence-electron chi connectivity index (χ2n) is 6.17. The number of carbonyl (C=O) groups is 2.